The van der Waals surface area contributed by atoms with Crippen molar-refractivity contribution in [2.75, 3.05) is 18.1 Å². The van der Waals surface area contributed by atoms with E-state index in [1.54, 1.807) is 12.1 Å². The molecule has 6 heteroatoms. The van der Waals surface area contributed by atoms with Crippen molar-refractivity contribution in [3.8, 4) is 5.75 Å². The second-order valence-electron chi connectivity index (χ2n) is 3.59. The first-order valence-corrected chi connectivity index (χ1v) is 7.41. The van der Waals surface area contributed by atoms with E-state index in [1.165, 1.54) is 6.07 Å². The summed E-state index contributed by atoms with van der Waals surface area (Å²) >= 11 is 7.48. The van der Waals surface area contributed by atoms with Gasteiger partial charge >= 0.3 is 5.69 Å². The number of nitro benzene ring substituents is 1. The summed E-state index contributed by atoms with van der Waals surface area (Å²) in [6, 6.07) is 4.82. The summed E-state index contributed by atoms with van der Waals surface area (Å²) in [6.45, 7) is 2.59. The zero-order valence-electron chi connectivity index (χ0n) is 10.2. The average Bonchev–Trinajstić information content (AvgIpc) is 2.38. The van der Waals surface area contributed by atoms with Gasteiger partial charge in [0.25, 0.3) is 0 Å². The average molecular weight is 290 g/mol. The highest BCUT2D eigenvalue weighted by molar-refractivity contribution is 7.99. The molecule has 0 spiro atoms. The SMILES string of the molecule is CCSCCCOc1ccc(CCl)cc1[N+](=O)[O-]. The van der Waals surface area contributed by atoms with Crippen LogP contribution in [-0.4, -0.2) is 23.0 Å². The van der Waals surface area contributed by atoms with Crippen molar-refractivity contribution >= 4 is 29.1 Å². The molecule has 0 aliphatic rings. The summed E-state index contributed by atoms with van der Waals surface area (Å²) in [4.78, 5) is 10.5. The lowest BCUT2D eigenvalue weighted by Crippen LogP contribution is -2.02. The number of hydrogen-bond acceptors (Lipinski definition) is 4. The summed E-state index contributed by atoms with van der Waals surface area (Å²) < 4.78 is 5.45. The van der Waals surface area contributed by atoms with Crippen molar-refractivity contribution in [3.05, 3.63) is 33.9 Å². The minimum atomic E-state index is -0.438. The van der Waals surface area contributed by atoms with Crippen molar-refractivity contribution in [1.29, 1.82) is 0 Å². The van der Waals surface area contributed by atoms with Crippen molar-refractivity contribution in [2.45, 2.75) is 19.2 Å². The van der Waals surface area contributed by atoms with Crippen LogP contribution in [0.1, 0.15) is 18.9 Å². The molecule has 0 saturated heterocycles. The topological polar surface area (TPSA) is 52.4 Å². The fourth-order valence-corrected chi connectivity index (χ4v) is 2.18. The lowest BCUT2D eigenvalue weighted by atomic mass is 10.2. The summed E-state index contributed by atoms with van der Waals surface area (Å²) in [5.41, 5.74) is 0.702. The van der Waals surface area contributed by atoms with Gasteiger partial charge in [-0.05, 0) is 29.6 Å². The van der Waals surface area contributed by atoms with E-state index in [4.69, 9.17) is 16.3 Å². The predicted octanol–water partition coefficient (Wildman–Crippen LogP) is 3.86. The molecular weight excluding hydrogens is 274 g/mol. The van der Waals surface area contributed by atoms with Crippen molar-refractivity contribution in [2.24, 2.45) is 0 Å². The van der Waals surface area contributed by atoms with E-state index in [2.05, 4.69) is 6.92 Å². The highest BCUT2D eigenvalue weighted by atomic mass is 35.5. The van der Waals surface area contributed by atoms with E-state index < -0.39 is 4.92 Å². The molecule has 0 heterocycles. The molecule has 1 rings (SSSR count). The van der Waals surface area contributed by atoms with E-state index in [1.807, 2.05) is 11.8 Å². The number of rotatable bonds is 8. The van der Waals surface area contributed by atoms with Crippen LogP contribution < -0.4 is 4.74 Å². The molecule has 0 bridgehead atoms. The molecule has 0 saturated carbocycles. The first-order chi connectivity index (χ1) is 8.69. The molecule has 4 nitrogen and oxygen atoms in total. The van der Waals surface area contributed by atoms with Crippen LogP contribution in [0, 0.1) is 10.1 Å². The van der Waals surface area contributed by atoms with Gasteiger partial charge in [0, 0.05) is 11.9 Å². The zero-order valence-corrected chi connectivity index (χ0v) is 11.8. The molecule has 0 aromatic heterocycles. The highest BCUT2D eigenvalue weighted by Gasteiger charge is 2.15. The van der Waals surface area contributed by atoms with Gasteiger partial charge in [0.2, 0.25) is 0 Å². The molecule has 18 heavy (non-hydrogen) atoms. The standard InChI is InChI=1S/C12H16ClNO3S/c1-2-18-7-3-6-17-12-5-4-10(9-13)8-11(12)14(15)16/h4-5,8H,2-3,6-7,9H2,1H3. The Balaban J connectivity index is 2.61. The number of nitrogens with zero attached hydrogens (tertiary/aromatic N) is 1. The quantitative estimate of drug-likeness (QED) is 0.316. The van der Waals surface area contributed by atoms with E-state index in [9.17, 15) is 10.1 Å². The van der Waals surface area contributed by atoms with E-state index in [0.717, 1.165) is 23.5 Å². The third-order valence-corrected chi connectivity index (χ3v) is 3.56. The number of benzene rings is 1. The fourth-order valence-electron chi connectivity index (χ4n) is 1.40. The summed E-state index contributed by atoms with van der Waals surface area (Å²) in [5, 5.41) is 10.9. The Kier molecular flexibility index (Phi) is 6.90. The van der Waals surface area contributed by atoms with Crippen molar-refractivity contribution in [1.82, 2.24) is 0 Å². The highest BCUT2D eigenvalue weighted by Crippen LogP contribution is 2.28. The smallest absolute Gasteiger partial charge is 0.311 e. The van der Waals surface area contributed by atoms with Crippen LogP contribution in [-0.2, 0) is 5.88 Å². The monoisotopic (exact) mass is 289 g/mol. The van der Waals surface area contributed by atoms with E-state index >= 15 is 0 Å². The van der Waals surface area contributed by atoms with Crippen LogP contribution in [0.3, 0.4) is 0 Å². The summed E-state index contributed by atoms with van der Waals surface area (Å²) in [6.07, 6.45) is 0.882. The molecular formula is C12H16ClNO3S. The van der Waals surface area contributed by atoms with Gasteiger partial charge in [-0.2, -0.15) is 11.8 Å². The molecule has 0 N–H and O–H groups in total. The maximum atomic E-state index is 10.9. The maximum Gasteiger partial charge on any atom is 0.311 e. The van der Waals surface area contributed by atoms with Gasteiger partial charge in [0.15, 0.2) is 5.75 Å². The minimum Gasteiger partial charge on any atom is -0.487 e. The minimum absolute atomic E-state index is 0.0173. The number of nitro groups is 1. The Hall–Kier alpha value is -0.940. The first-order valence-electron chi connectivity index (χ1n) is 5.72. The molecule has 0 aliphatic carbocycles. The molecule has 0 aliphatic heterocycles. The Morgan fingerprint density at radius 2 is 2.28 bits per heavy atom. The largest absolute Gasteiger partial charge is 0.487 e. The van der Waals surface area contributed by atoms with Crippen LogP contribution in [0.25, 0.3) is 0 Å². The lowest BCUT2D eigenvalue weighted by Gasteiger charge is -2.07. The molecule has 1 aromatic rings. The van der Waals surface area contributed by atoms with Gasteiger partial charge in [-0.15, -0.1) is 11.6 Å². The maximum absolute atomic E-state index is 10.9. The number of alkyl halides is 1. The number of hydrogen-bond donors (Lipinski definition) is 0. The molecule has 0 atom stereocenters. The zero-order chi connectivity index (χ0) is 13.4. The molecule has 100 valence electrons. The van der Waals surface area contributed by atoms with Gasteiger partial charge in [-0.1, -0.05) is 13.0 Å². The van der Waals surface area contributed by atoms with Gasteiger partial charge in [-0.25, -0.2) is 0 Å². The summed E-state index contributed by atoms with van der Waals surface area (Å²) in [5.74, 6) is 2.65. The van der Waals surface area contributed by atoms with E-state index in [0.29, 0.717) is 12.4 Å². The normalized spacial score (nSPS) is 10.3. The Morgan fingerprint density at radius 1 is 1.50 bits per heavy atom. The van der Waals surface area contributed by atoms with Crippen LogP contribution in [0.15, 0.2) is 18.2 Å². The van der Waals surface area contributed by atoms with Crippen LogP contribution >= 0.6 is 23.4 Å². The van der Waals surface area contributed by atoms with Crippen LogP contribution in [0.4, 0.5) is 5.69 Å². The number of thioether (sulfide) groups is 1. The molecule has 0 radical (unpaired) electrons. The van der Waals surface area contributed by atoms with Gasteiger partial charge < -0.3 is 4.74 Å². The number of ether oxygens (including phenoxy) is 1. The van der Waals surface area contributed by atoms with Gasteiger partial charge in [0.05, 0.1) is 11.5 Å². The van der Waals surface area contributed by atoms with Crippen molar-refractivity contribution < 1.29 is 9.66 Å². The first kappa shape index (κ1) is 15.1. The third-order valence-electron chi connectivity index (χ3n) is 2.27. The molecule has 0 fully saturated rings. The van der Waals surface area contributed by atoms with Crippen molar-refractivity contribution in [3.63, 3.8) is 0 Å². The lowest BCUT2D eigenvalue weighted by molar-refractivity contribution is -0.385. The second-order valence-corrected chi connectivity index (χ2v) is 5.25. The third kappa shape index (κ3) is 4.74. The summed E-state index contributed by atoms with van der Waals surface area (Å²) in [7, 11) is 0. The van der Waals surface area contributed by atoms with Crippen LogP contribution in [0.5, 0.6) is 5.75 Å². The van der Waals surface area contributed by atoms with Gasteiger partial charge in [0.1, 0.15) is 0 Å². The Bertz CT molecular complexity index is 401. The Labute approximate surface area is 116 Å². The van der Waals surface area contributed by atoms with E-state index in [-0.39, 0.29) is 11.6 Å². The second kappa shape index (κ2) is 8.21. The predicted molar refractivity (Wildman–Crippen MR) is 75.8 cm³/mol. The molecule has 0 unspecified atom stereocenters. The molecule has 1 aromatic carbocycles. The Morgan fingerprint density at radius 3 is 2.89 bits per heavy atom. The van der Waals surface area contributed by atoms with Gasteiger partial charge in [-0.3, -0.25) is 10.1 Å². The molecule has 0 amide bonds. The number of halogens is 1. The fraction of sp³-hybridized carbons (Fsp3) is 0.500. The van der Waals surface area contributed by atoms with Crippen LogP contribution in [0.2, 0.25) is 0 Å².